The van der Waals surface area contributed by atoms with Crippen molar-refractivity contribution in [3.63, 3.8) is 0 Å². The molecular formula is C20H20FN3O4. The third-order valence-corrected chi connectivity index (χ3v) is 4.68. The Morgan fingerprint density at radius 3 is 2.18 bits per heavy atom. The van der Waals surface area contributed by atoms with E-state index in [1.165, 1.54) is 12.1 Å². The van der Waals surface area contributed by atoms with Crippen LogP contribution in [0.25, 0.3) is 0 Å². The second kappa shape index (κ2) is 9.58. The van der Waals surface area contributed by atoms with Crippen LogP contribution in [0.1, 0.15) is 24.1 Å². The van der Waals surface area contributed by atoms with E-state index in [0.717, 1.165) is 37.2 Å². The zero-order valence-electron chi connectivity index (χ0n) is 15.0. The van der Waals surface area contributed by atoms with Crippen LogP contribution in [0.3, 0.4) is 0 Å². The molecule has 3 N–H and O–H groups in total. The maximum Gasteiger partial charge on any atom is 0.414 e. The summed E-state index contributed by atoms with van der Waals surface area (Å²) in [6, 6.07) is 14.4. The minimum Gasteiger partial charge on any atom is -0.473 e. The molecule has 0 bridgehead atoms. The second-order valence-corrected chi connectivity index (χ2v) is 6.28. The fourth-order valence-electron chi connectivity index (χ4n) is 3.37. The van der Waals surface area contributed by atoms with Crippen LogP contribution < -0.4 is 5.32 Å². The third kappa shape index (κ3) is 4.69. The Balaban J connectivity index is 0.000000409. The van der Waals surface area contributed by atoms with E-state index in [0.29, 0.717) is 0 Å². The highest BCUT2D eigenvalue weighted by molar-refractivity contribution is 6.27. The van der Waals surface area contributed by atoms with Crippen molar-refractivity contribution in [3.05, 3.63) is 65.7 Å². The molecule has 0 amide bonds. The van der Waals surface area contributed by atoms with Crippen LogP contribution in [-0.2, 0) is 15.0 Å². The summed E-state index contributed by atoms with van der Waals surface area (Å²) in [6.45, 7) is 1.78. The first-order valence-electron chi connectivity index (χ1n) is 8.67. The van der Waals surface area contributed by atoms with Gasteiger partial charge in [-0.1, -0.05) is 18.2 Å². The Kier molecular flexibility index (Phi) is 7.18. The summed E-state index contributed by atoms with van der Waals surface area (Å²) in [5.74, 6) is -3.77. The smallest absolute Gasteiger partial charge is 0.414 e. The fourth-order valence-corrected chi connectivity index (χ4v) is 3.37. The lowest BCUT2D eigenvalue weighted by atomic mass is 9.65. The van der Waals surface area contributed by atoms with Gasteiger partial charge in [0.2, 0.25) is 0 Å². The van der Waals surface area contributed by atoms with E-state index in [9.17, 15) is 9.65 Å². The zero-order chi connectivity index (χ0) is 20.6. The van der Waals surface area contributed by atoms with E-state index in [-0.39, 0.29) is 11.7 Å². The molecule has 1 unspecified atom stereocenters. The molecule has 146 valence electrons. The van der Waals surface area contributed by atoms with Gasteiger partial charge in [0.1, 0.15) is 11.2 Å². The largest absolute Gasteiger partial charge is 0.473 e. The quantitative estimate of drug-likeness (QED) is 0.692. The van der Waals surface area contributed by atoms with Crippen LogP contribution >= 0.6 is 0 Å². The molecule has 28 heavy (non-hydrogen) atoms. The highest BCUT2D eigenvalue weighted by Crippen LogP contribution is 2.42. The van der Waals surface area contributed by atoms with Gasteiger partial charge >= 0.3 is 11.9 Å². The molecular weight excluding hydrogens is 365 g/mol. The van der Waals surface area contributed by atoms with Crippen LogP contribution in [0, 0.1) is 23.1 Å². The first-order chi connectivity index (χ1) is 13.4. The Morgan fingerprint density at radius 2 is 1.71 bits per heavy atom. The lowest BCUT2D eigenvalue weighted by molar-refractivity contribution is -0.159. The van der Waals surface area contributed by atoms with Crippen molar-refractivity contribution in [1.82, 2.24) is 10.3 Å². The summed E-state index contributed by atoms with van der Waals surface area (Å²) < 4.78 is 13.3. The van der Waals surface area contributed by atoms with Crippen LogP contribution in [-0.4, -0.2) is 40.2 Å². The Morgan fingerprint density at radius 1 is 1.11 bits per heavy atom. The van der Waals surface area contributed by atoms with Gasteiger partial charge in [-0.2, -0.15) is 5.26 Å². The molecule has 1 saturated heterocycles. The molecule has 1 aromatic carbocycles. The normalized spacial score (nSPS) is 16.0. The highest BCUT2D eigenvalue weighted by atomic mass is 19.1. The number of aliphatic carboxylic acids is 2. The predicted octanol–water partition coefficient (Wildman–Crippen LogP) is 2.19. The summed E-state index contributed by atoms with van der Waals surface area (Å²) in [5, 5.41) is 28.2. The van der Waals surface area contributed by atoms with Gasteiger partial charge in [-0.05, 0) is 61.7 Å². The van der Waals surface area contributed by atoms with Crippen molar-refractivity contribution < 1.29 is 24.2 Å². The van der Waals surface area contributed by atoms with E-state index >= 15 is 0 Å². The number of hydrogen-bond acceptors (Lipinski definition) is 5. The number of nitrogens with one attached hydrogen (secondary N) is 1. The van der Waals surface area contributed by atoms with Crippen molar-refractivity contribution in [1.29, 1.82) is 5.26 Å². The van der Waals surface area contributed by atoms with Gasteiger partial charge in [-0.25, -0.2) is 14.0 Å². The Bertz CT molecular complexity index is 834. The average molecular weight is 385 g/mol. The molecule has 3 rings (SSSR count). The summed E-state index contributed by atoms with van der Waals surface area (Å²) in [4.78, 5) is 22.7. The van der Waals surface area contributed by atoms with E-state index < -0.39 is 17.4 Å². The van der Waals surface area contributed by atoms with E-state index in [4.69, 9.17) is 19.8 Å². The molecule has 1 aromatic heterocycles. The molecule has 1 aliphatic heterocycles. The monoisotopic (exact) mass is 385 g/mol. The molecule has 2 heterocycles. The maximum absolute atomic E-state index is 13.3. The van der Waals surface area contributed by atoms with Crippen molar-refractivity contribution >= 4 is 11.9 Å². The first-order valence-corrected chi connectivity index (χ1v) is 8.67. The lowest BCUT2D eigenvalue weighted by Crippen LogP contribution is -2.42. The molecule has 1 aliphatic rings. The minimum absolute atomic E-state index is 0.166. The summed E-state index contributed by atoms with van der Waals surface area (Å²) >= 11 is 0. The van der Waals surface area contributed by atoms with Crippen molar-refractivity contribution in [3.8, 4) is 6.07 Å². The lowest BCUT2D eigenvalue weighted by Gasteiger charge is -2.37. The van der Waals surface area contributed by atoms with Crippen molar-refractivity contribution in [2.24, 2.45) is 5.92 Å². The first kappa shape index (κ1) is 21.0. The minimum atomic E-state index is -1.82. The Hall–Kier alpha value is -3.31. The molecule has 7 nitrogen and oxygen atoms in total. The number of carbonyl (C=O) groups is 2. The van der Waals surface area contributed by atoms with Crippen molar-refractivity contribution in [2.45, 2.75) is 18.3 Å². The van der Waals surface area contributed by atoms with Crippen LogP contribution in [0.15, 0.2) is 48.7 Å². The zero-order valence-corrected chi connectivity index (χ0v) is 15.0. The summed E-state index contributed by atoms with van der Waals surface area (Å²) in [7, 11) is 0. The summed E-state index contributed by atoms with van der Waals surface area (Å²) in [6.07, 6.45) is 3.52. The molecule has 0 aliphatic carbocycles. The molecule has 1 fully saturated rings. The molecule has 2 aromatic rings. The molecule has 0 radical (unpaired) electrons. The third-order valence-electron chi connectivity index (χ3n) is 4.68. The molecule has 8 heteroatoms. The van der Waals surface area contributed by atoms with Gasteiger partial charge in [0.15, 0.2) is 0 Å². The van der Waals surface area contributed by atoms with E-state index in [1.54, 1.807) is 18.3 Å². The summed E-state index contributed by atoms with van der Waals surface area (Å²) in [5.41, 5.74) is 0.745. The predicted molar refractivity (Wildman–Crippen MR) is 97.9 cm³/mol. The number of nitrogens with zero attached hydrogens (tertiary/aromatic N) is 2. The van der Waals surface area contributed by atoms with Crippen LogP contribution in [0.4, 0.5) is 4.39 Å². The SMILES string of the molecule is N#CC(c1ccc(F)cc1)(c1ccccn1)C1CCNCC1.O=C(O)C(=O)O. The topological polar surface area (TPSA) is 123 Å². The van der Waals surface area contributed by atoms with Gasteiger partial charge < -0.3 is 15.5 Å². The van der Waals surface area contributed by atoms with Crippen LogP contribution in [0.5, 0.6) is 0 Å². The number of halogens is 1. The molecule has 0 spiro atoms. The number of rotatable bonds is 3. The number of benzene rings is 1. The number of carboxylic acids is 2. The second-order valence-electron chi connectivity index (χ2n) is 6.28. The number of aromatic nitrogens is 1. The van der Waals surface area contributed by atoms with E-state index in [2.05, 4.69) is 16.4 Å². The molecule has 1 atom stereocenters. The van der Waals surface area contributed by atoms with Crippen LogP contribution in [0.2, 0.25) is 0 Å². The van der Waals surface area contributed by atoms with Gasteiger partial charge in [0.25, 0.3) is 0 Å². The highest BCUT2D eigenvalue weighted by Gasteiger charge is 2.44. The van der Waals surface area contributed by atoms with Gasteiger partial charge in [0.05, 0.1) is 11.8 Å². The maximum atomic E-state index is 13.3. The van der Waals surface area contributed by atoms with Crippen molar-refractivity contribution in [2.75, 3.05) is 13.1 Å². The number of piperidine rings is 1. The number of pyridine rings is 1. The number of nitriles is 1. The van der Waals surface area contributed by atoms with Gasteiger partial charge in [0, 0.05) is 6.20 Å². The molecule has 0 saturated carbocycles. The Labute approximate surface area is 161 Å². The van der Waals surface area contributed by atoms with E-state index in [1.807, 2.05) is 18.2 Å². The average Bonchev–Trinajstić information content (AvgIpc) is 2.72. The number of carboxylic acid groups (broad SMARTS) is 2. The standard InChI is InChI=1S/C18H18FN3.C2H2O4/c19-16-6-4-14(5-7-16)18(13-20,15-8-11-21-12-9-15)17-3-1-2-10-22-17;3-1(4)2(5)6/h1-7,10,15,21H,8-9,11-12H2;(H,3,4)(H,5,6). The number of hydrogen-bond donors (Lipinski definition) is 3. The van der Waals surface area contributed by atoms with Gasteiger partial charge in [-0.15, -0.1) is 0 Å². The fraction of sp³-hybridized carbons (Fsp3) is 0.300. The van der Waals surface area contributed by atoms with Gasteiger partial charge in [-0.3, -0.25) is 4.98 Å².